The van der Waals surface area contributed by atoms with Crippen molar-refractivity contribution in [2.24, 2.45) is 0 Å². The van der Waals surface area contributed by atoms with Gasteiger partial charge in [-0.2, -0.15) is 0 Å². The lowest BCUT2D eigenvalue weighted by Gasteiger charge is -2.11. The van der Waals surface area contributed by atoms with Crippen molar-refractivity contribution in [1.82, 2.24) is 0 Å². The SMILES string of the molecule is OP(O)(c1ccccc1)=S(Cl)Cl. The van der Waals surface area contributed by atoms with E-state index in [2.05, 4.69) is 0 Å². The van der Waals surface area contributed by atoms with Crippen molar-refractivity contribution in [2.45, 2.75) is 0 Å². The molecule has 0 aliphatic heterocycles. The quantitative estimate of drug-likeness (QED) is 0.742. The standard InChI is InChI=1S/C6H7Cl2O2PS/c7-12(8)11(9,10)6-4-2-1-3-5-6/h1-5,9-10H. The predicted octanol–water partition coefficient (Wildman–Crippen LogP) is 1.98. The molecule has 0 fully saturated rings. The van der Waals surface area contributed by atoms with Gasteiger partial charge in [0.1, 0.15) is 0 Å². The van der Waals surface area contributed by atoms with E-state index in [4.69, 9.17) is 21.4 Å². The molecule has 2 nitrogen and oxygen atoms in total. The number of hydrogen-bond acceptors (Lipinski definition) is 0. The van der Waals surface area contributed by atoms with Crippen LogP contribution in [0.3, 0.4) is 0 Å². The maximum atomic E-state index is 9.48. The third kappa shape index (κ3) is 2.25. The Balaban J connectivity index is 3.26. The Morgan fingerprint density at radius 3 is 2.00 bits per heavy atom. The summed E-state index contributed by atoms with van der Waals surface area (Å²) in [6.45, 7) is -3.31. The number of hydrogen-bond donors (Lipinski definition) is 2. The van der Waals surface area contributed by atoms with Crippen LogP contribution in [-0.2, 0) is 8.50 Å². The predicted molar refractivity (Wildman–Crippen MR) is 56.5 cm³/mol. The molecule has 0 radical (unpaired) electrons. The van der Waals surface area contributed by atoms with Crippen LogP contribution in [0.25, 0.3) is 0 Å². The minimum atomic E-state index is -3.31. The Labute approximate surface area is 81.9 Å². The van der Waals surface area contributed by atoms with Crippen LogP contribution in [0.1, 0.15) is 0 Å². The van der Waals surface area contributed by atoms with E-state index in [1.807, 2.05) is 0 Å². The lowest BCUT2D eigenvalue weighted by Crippen LogP contribution is -2.03. The summed E-state index contributed by atoms with van der Waals surface area (Å²) in [6, 6.07) is 8.38. The molecule has 0 spiro atoms. The molecule has 1 aromatic carbocycles. The average molecular weight is 245 g/mol. The molecule has 0 aromatic heterocycles. The van der Waals surface area contributed by atoms with E-state index >= 15 is 0 Å². The molecule has 0 saturated carbocycles. The van der Waals surface area contributed by atoms with E-state index in [9.17, 15) is 9.79 Å². The molecule has 1 rings (SSSR count). The van der Waals surface area contributed by atoms with Crippen molar-refractivity contribution in [2.75, 3.05) is 0 Å². The van der Waals surface area contributed by atoms with Crippen LogP contribution in [0.5, 0.6) is 0 Å². The molecule has 1 aromatic rings. The largest absolute Gasteiger partial charge is 0.344 e. The molecule has 6 heteroatoms. The molecule has 2 N–H and O–H groups in total. The second-order valence-electron chi connectivity index (χ2n) is 2.08. The van der Waals surface area contributed by atoms with Crippen molar-refractivity contribution < 1.29 is 9.79 Å². The summed E-state index contributed by atoms with van der Waals surface area (Å²) in [4.78, 5) is 19.0. The van der Waals surface area contributed by atoms with Crippen LogP contribution in [0.15, 0.2) is 30.3 Å². The minimum absolute atomic E-state index is 0.401. The molecule has 0 saturated heterocycles. The van der Waals surface area contributed by atoms with E-state index in [0.29, 0.717) is 5.30 Å². The van der Waals surface area contributed by atoms with Crippen LogP contribution in [0.2, 0.25) is 0 Å². The second-order valence-corrected chi connectivity index (χ2v) is 10.3. The van der Waals surface area contributed by atoms with Gasteiger partial charge in [0.15, 0.2) is 0 Å². The molecule has 0 unspecified atom stereocenters. The molecular weight excluding hydrogens is 238 g/mol. The summed E-state index contributed by atoms with van der Waals surface area (Å²) in [5.74, 6) is 0. The topological polar surface area (TPSA) is 40.5 Å². The van der Waals surface area contributed by atoms with E-state index in [-0.39, 0.29) is 0 Å². The highest BCUT2D eigenvalue weighted by atomic mass is 36.0. The normalized spacial score (nSPS) is 12.1. The van der Waals surface area contributed by atoms with Crippen molar-refractivity contribution in [3.8, 4) is 0 Å². The van der Waals surface area contributed by atoms with Crippen LogP contribution >= 0.6 is 27.9 Å². The highest BCUT2D eigenvalue weighted by molar-refractivity contribution is 8.55. The van der Waals surface area contributed by atoms with Gasteiger partial charge in [0.05, 0.1) is 0 Å². The van der Waals surface area contributed by atoms with Crippen molar-refractivity contribution in [3.05, 3.63) is 30.3 Å². The number of halogens is 2. The van der Waals surface area contributed by atoms with Gasteiger partial charge in [-0.25, -0.2) is 0 Å². The van der Waals surface area contributed by atoms with Gasteiger partial charge in [0.25, 0.3) is 0 Å². The zero-order valence-corrected chi connectivity index (χ0v) is 9.12. The minimum Gasteiger partial charge on any atom is -0.344 e. The fraction of sp³-hybridized carbons (Fsp3) is 0. The lowest BCUT2D eigenvalue weighted by atomic mass is 10.4. The van der Waals surface area contributed by atoms with Gasteiger partial charge in [-0.3, -0.25) is 0 Å². The maximum Gasteiger partial charge on any atom is 0.202 e. The van der Waals surface area contributed by atoms with E-state index in [1.54, 1.807) is 30.3 Å². The molecule has 0 aliphatic carbocycles. The molecule has 0 aliphatic rings. The maximum absolute atomic E-state index is 9.48. The monoisotopic (exact) mass is 244 g/mol. The molecule has 68 valence electrons. The Kier molecular flexibility index (Phi) is 3.65. The van der Waals surface area contributed by atoms with Crippen molar-refractivity contribution in [1.29, 1.82) is 0 Å². The lowest BCUT2D eigenvalue weighted by molar-refractivity contribution is 0.493. The number of benzene rings is 1. The summed E-state index contributed by atoms with van der Waals surface area (Å²) >= 11 is 0. The summed E-state index contributed by atoms with van der Waals surface area (Å²) in [5.41, 5.74) is 0. The summed E-state index contributed by atoms with van der Waals surface area (Å²) in [5, 5.41) is 0.401. The van der Waals surface area contributed by atoms with Gasteiger partial charge in [-0.1, -0.05) is 18.2 Å². The smallest absolute Gasteiger partial charge is 0.202 e. The van der Waals surface area contributed by atoms with E-state index < -0.39 is 15.0 Å². The third-order valence-corrected chi connectivity index (χ3v) is 7.89. The molecular formula is C6H7Cl2O2PS. The highest BCUT2D eigenvalue weighted by Crippen LogP contribution is 2.43. The van der Waals surface area contributed by atoms with E-state index in [0.717, 1.165) is 0 Å². The average Bonchev–Trinajstić information content (AvgIpc) is 2.06. The third-order valence-electron chi connectivity index (χ3n) is 1.28. The first-order valence-electron chi connectivity index (χ1n) is 3.03. The number of rotatable bonds is 1. The van der Waals surface area contributed by atoms with Gasteiger partial charge in [-0.05, 0) is 33.5 Å². The van der Waals surface area contributed by atoms with Crippen LogP contribution in [0, 0.1) is 0 Å². The summed E-state index contributed by atoms with van der Waals surface area (Å²) < 4.78 is 0. The van der Waals surface area contributed by atoms with Gasteiger partial charge in [-0.15, -0.1) is 0 Å². The Morgan fingerprint density at radius 2 is 1.58 bits per heavy atom. The van der Waals surface area contributed by atoms with Crippen LogP contribution < -0.4 is 5.30 Å². The summed E-state index contributed by atoms with van der Waals surface area (Å²) in [7, 11) is 9.48. The molecule has 0 atom stereocenters. The molecule has 0 heterocycles. The molecule has 0 bridgehead atoms. The highest BCUT2D eigenvalue weighted by Gasteiger charge is 2.16. The fourth-order valence-electron chi connectivity index (χ4n) is 0.702. The van der Waals surface area contributed by atoms with Crippen LogP contribution in [-0.4, -0.2) is 9.79 Å². The Hall–Kier alpha value is 0.500. The Bertz CT molecular complexity index is 318. The van der Waals surface area contributed by atoms with Gasteiger partial charge in [0, 0.05) is 13.8 Å². The van der Waals surface area contributed by atoms with E-state index in [1.165, 1.54) is 0 Å². The second kappa shape index (κ2) is 4.14. The van der Waals surface area contributed by atoms with Crippen molar-refractivity contribution >= 4 is 41.7 Å². The van der Waals surface area contributed by atoms with Crippen LogP contribution in [0.4, 0.5) is 0 Å². The first kappa shape index (κ1) is 10.6. The van der Waals surface area contributed by atoms with Gasteiger partial charge >= 0.3 is 0 Å². The first-order valence-corrected chi connectivity index (χ1v) is 8.20. The molecule has 12 heavy (non-hydrogen) atoms. The van der Waals surface area contributed by atoms with Gasteiger partial charge < -0.3 is 9.79 Å². The van der Waals surface area contributed by atoms with Gasteiger partial charge in [0.2, 0.25) is 6.49 Å². The first-order chi connectivity index (χ1) is 5.55. The zero-order chi connectivity index (χ0) is 9.19. The molecule has 0 amide bonds. The summed E-state index contributed by atoms with van der Waals surface area (Å²) in [6.07, 6.45) is 0. The fourth-order valence-corrected chi connectivity index (χ4v) is 3.70. The Morgan fingerprint density at radius 1 is 1.08 bits per heavy atom. The zero-order valence-electron chi connectivity index (χ0n) is 5.89. The van der Waals surface area contributed by atoms with Crippen molar-refractivity contribution in [3.63, 3.8) is 0 Å².